The third kappa shape index (κ3) is 8.35. The Hall–Kier alpha value is -1.52. The van der Waals surface area contributed by atoms with Crippen LogP contribution in [0.3, 0.4) is 0 Å². The molecule has 0 bridgehead atoms. The number of rotatable bonds is 14. The van der Waals surface area contributed by atoms with Crippen LogP contribution in [0.15, 0.2) is 0 Å². The van der Waals surface area contributed by atoms with E-state index in [4.69, 9.17) is 14.6 Å². The van der Waals surface area contributed by atoms with Gasteiger partial charge in [0, 0.05) is 24.0 Å². The molecule has 2 rings (SSSR count). The van der Waals surface area contributed by atoms with Gasteiger partial charge in [-0.05, 0) is 12.8 Å². The number of urea groups is 1. The number of carbonyl (C=O) groups excluding carboxylic acids is 2. The third-order valence-corrected chi connectivity index (χ3v) is 5.99. The van der Waals surface area contributed by atoms with Crippen LogP contribution in [0.5, 0.6) is 0 Å². The number of hydrogen-bond acceptors (Lipinski definition) is 6. The molecule has 0 radical (unpaired) electrons. The van der Waals surface area contributed by atoms with Crippen molar-refractivity contribution in [3.8, 4) is 0 Å². The van der Waals surface area contributed by atoms with Gasteiger partial charge in [-0.25, -0.2) is 4.79 Å². The van der Waals surface area contributed by atoms with Crippen molar-refractivity contribution in [3.05, 3.63) is 0 Å². The SMILES string of the molecule is O=C(O)CCOCCOCCNC(=O)CCCC[C@@H]1SC[C@@H]2NC(=O)N[C@@H]21. The highest BCUT2D eigenvalue weighted by Gasteiger charge is 2.42. The van der Waals surface area contributed by atoms with Gasteiger partial charge in [0.15, 0.2) is 0 Å². The molecule has 3 atom stereocenters. The topological polar surface area (TPSA) is 126 Å². The number of nitrogens with one attached hydrogen (secondary N) is 3. The summed E-state index contributed by atoms with van der Waals surface area (Å²) < 4.78 is 10.4. The number of carbonyl (C=O) groups is 3. The van der Waals surface area contributed by atoms with E-state index in [1.807, 2.05) is 11.8 Å². The zero-order chi connectivity index (χ0) is 19.5. The summed E-state index contributed by atoms with van der Waals surface area (Å²) in [5, 5.41) is 17.6. The molecule has 2 fully saturated rings. The molecule has 0 unspecified atom stereocenters. The van der Waals surface area contributed by atoms with E-state index in [0.29, 0.717) is 38.0 Å². The van der Waals surface area contributed by atoms with Crippen molar-refractivity contribution in [1.29, 1.82) is 0 Å². The number of hydrogen-bond donors (Lipinski definition) is 4. The van der Waals surface area contributed by atoms with Crippen molar-refractivity contribution in [2.45, 2.75) is 49.4 Å². The van der Waals surface area contributed by atoms with E-state index in [2.05, 4.69) is 16.0 Å². The van der Waals surface area contributed by atoms with Crippen LogP contribution in [0.1, 0.15) is 32.1 Å². The normalized spacial score (nSPS) is 23.6. The Bertz CT molecular complexity index is 507. The lowest BCUT2D eigenvalue weighted by Crippen LogP contribution is -2.36. The Morgan fingerprint density at radius 2 is 1.89 bits per heavy atom. The van der Waals surface area contributed by atoms with Crippen molar-refractivity contribution < 1.29 is 29.0 Å². The lowest BCUT2D eigenvalue weighted by Gasteiger charge is -2.16. The first-order chi connectivity index (χ1) is 13.1. The summed E-state index contributed by atoms with van der Waals surface area (Å²) in [4.78, 5) is 33.4. The average molecular weight is 404 g/mol. The first-order valence-electron chi connectivity index (χ1n) is 9.39. The van der Waals surface area contributed by atoms with Crippen LogP contribution in [0.4, 0.5) is 4.79 Å². The van der Waals surface area contributed by atoms with E-state index < -0.39 is 5.97 Å². The van der Waals surface area contributed by atoms with Gasteiger partial charge in [-0.1, -0.05) is 6.42 Å². The van der Waals surface area contributed by atoms with Crippen LogP contribution in [0.25, 0.3) is 0 Å². The molecule has 9 nitrogen and oxygen atoms in total. The molecule has 0 aromatic rings. The lowest BCUT2D eigenvalue weighted by molar-refractivity contribution is -0.138. The van der Waals surface area contributed by atoms with E-state index in [1.54, 1.807) is 0 Å². The average Bonchev–Trinajstić information content (AvgIpc) is 3.16. The first kappa shape index (κ1) is 21.8. The van der Waals surface area contributed by atoms with Crippen molar-refractivity contribution in [1.82, 2.24) is 16.0 Å². The maximum atomic E-state index is 11.8. The third-order valence-electron chi connectivity index (χ3n) is 4.48. The lowest BCUT2D eigenvalue weighted by atomic mass is 10.0. The van der Waals surface area contributed by atoms with Crippen LogP contribution in [0.2, 0.25) is 0 Å². The maximum Gasteiger partial charge on any atom is 0.315 e. The molecular formula is C17H29N3O6S. The maximum absolute atomic E-state index is 11.8. The molecule has 154 valence electrons. The van der Waals surface area contributed by atoms with Gasteiger partial charge in [-0.15, -0.1) is 0 Å². The Morgan fingerprint density at radius 3 is 2.67 bits per heavy atom. The van der Waals surface area contributed by atoms with E-state index >= 15 is 0 Å². The Balaban J connectivity index is 1.38. The van der Waals surface area contributed by atoms with Gasteiger partial charge in [-0.2, -0.15) is 11.8 Å². The molecule has 0 aromatic carbocycles. The van der Waals surface area contributed by atoms with E-state index in [9.17, 15) is 14.4 Å². The Labute approximate surface area is 163 Å². The van der Waals surface area contributed by atoms with Crippen LogP contribution in [-0.2, 0) is 19.1 Å². The summed E-state index contributed by atoms with van der Waals surface area (Å²) >= 11 is 1.89. The molecule has 2 aliphatic heterocycles. The minimum absolute atomic E-state index is 0.0117. The molecule has 4 N–H and O–H groups in total. The number of thioether (sulfide) groups is 1. The number of aliphatic carboxylic acids is 1. The molecule has 27 heavy (non-hydrogen) atoms. The quantitative estimate of drug-likeness (QED) is 0.243. The molecule has 0 aliphatic carbocycles. The second-order valence-electron chi connectivity index (χ2n) is 6.59. The minimum Gasteiger partial charge on any atom is -0.481 e. The van der Waals surface area contributed by atoms with E-state index in [0.717, 1.165) is 25.0 Å². The highest BCUT2D eigenvalue weighted by Crippen LogP contribution is 2.33. The molecule has 0 aromatic heterocycles. The summed E-state index contributed by atoms with van der Waals surface area (Å²) in [5.41, 5.74) is 0. The van der Waals surface area contributed by atoms with Crippen molar-refractivity contribution in [3.63, 3.8) is 0 Å². The fourth-order valence-corrected chi connectivity index (χ4v) is 4.65. The molecule has 3 amide bonds. The van der Waals surface area contributed by atoms with Crippen molar-refractivity contribution in [2.24, 2.45) is 0 Å². The predicted molar refractivity (Wildman–Crippen MR) is 101 cm³/mol. The fourth-order valence-electron chi connectivity index (χ4n) is 3.11. The molecule has 2 aliphatic rings. The van der Waals surface area contributed by atoms with Gasteiger partial charge in [0.1, 0.15) is 0 Å². The summed E-state index contributed by atoms with van der Waals surface area (Å²) in [6.07, 6.45) is 3.29. The van der Waals surface area contributed by atoms with Crippen molar-refractivity contribution in [2.75, 3.05) is 38.7 Å². The predicted octanol–water partition coefficient (Wildman–Crippen LogP) is 0.336. The van der Waals surface area contributed by atoms with Crippen LogP contribution in [-0.4, -0.2) is 79.1 Å². The number of fused-ring (bicyclic) bond motifs is 1. The Kier molecular flexibility index (Phi) is 9.71. The number of carboxylic acid groups (broad SMARTS) is 1. The monoisotopic (exact) mass is 403 g/mol. The summed E-state index contributed by atoms with van der Waals surface area (Å²) in [6.45, 7) is 1.76. The molecule has 0 saturated carbocycles. The molecule has 2 heterocycles. The highest BCUT2D eigenvalue weighted by atomic mass is 32.2. The molecular weight excluding hydrogens is 374 g/mol. The largest absolute Gasteiger partial charge is 0.481 e. The number of unbranched alkanes of at least 4 members (excludes halogenated alkanes) is 1. The highest BCUT2D eigenvalue weighted by molar-refractivity contribution is 8.00. The minimum atomic E-state index is -0.882. The van der Waals surface area contributed by atoms with Gasteiger partial charge in [0.05, 0.1) is 44.9 Å². The second kappa shape index (κ2) is 12.0. The van der Waals surface area contributed by atoms with Gasteiger partial charge >= 0.3 is 12.0 Å². The Morgan fingerprint density at radius 1 is 1.11 bits per heavy atom. The van der Waals surface area contributed by atoms with Gasteiger partial charge in [0.25, 0.3) is 0 Å². The smallest absolute Gasteiger partial charge is 0.315 e. The summed E-state index contributed by atoms with van der Waals surface area (Å²) in [6, 6.07) is 0.406. The zero-order valence-electron chi connectivity index (χ0n) is 15.4. The van der Waals surface area contributed by atoms with Crippen molar-refractivity contribution >= 4 is 29.7 Å². The van der Waals surface area contributed by atoms with E-state index in [-0.39, 0.29) is 37.0 Å². The molecule has 0 spiro atoms. The van der Waals surface area contributed by atoms with Crippen LogP contribution < -0.4 is 16.0 Å². The van der Waals surface area contributed by atoms with Gasteiger partial charge < -0.3 is 30.5 Å². The number of amides is 3. The van der Waals surface area contributed by atoms with Crippen LogP contribution in [0, 0.1) is 0 Å². The van der Waals surface area contributed by atoms with Crippen LogP contribution >= 0.6 is 11.8 Å². The second-order valence-corrected chi connectivity index (χ2v) is 7.86. The summed E-state index contributed by atoms with van der Waals surface area (Å²) in [5.74, 6) is 0.0929. The van der Waals surface area contributed by atoms with E-state index in [1.165, 1.54) is 0 Å². The summed E-state index contributed by atoms with van der Waals surface area (Å²) in [7, 11) is 0. The molecule has 10 heteroatoms. The van der Waals surface area contributed by atoms with Gasteiger partial charge in [-0.3, -0.25) is 9.59 Å². The standard InChI is InChI=1S/C17H29N3O6S/c21-14(18-6-8-26-10-9-25-7-5-15(22)23)4-2-1-3-13-16-12(11-27-13)19-17(24)20-16/h12-13,16H,1-11H2,(H,18,21)(H,22,23)(H2,19,20,24)/t12-,13-,16-/m0/s1. The van der Waals surface area contributed by atoms with Gasteiger partial charge in [0.2, 0.25) is 5.91 Å². The molecule has 2 saturated heterocycles. The number of ether oxygens (including phenoxy) is 2. The first-order valence-corrected chi connectivity index (χ1v) is 10.4. The number of carboxylic acids is 1. The fraction of sp³-hybridized carbons (Fsp3) is 0.824. The zero-order valence-corrected chi connectivity index (χ0v) is 16.2.